The second-order valence-corrected chi connectivity index (χ2v) is 6.49. The van der Waals surface area contributed by atoms with Gasteiger partial charge in [0.25, 0.3) is 0 Å². The monoisotopic (exact) mass is 297 g/mol. The number of likely N-dealkylation sites (tertiary alicyclic amines) is 1. The Balaban J connectivity index is 2.04. The molecule has 118 valence electrons. The molecule has 2 atom stereocenters. The lowest BCUT2D eigenvalue weighted by molar-refractivity contribution is 0.00436. The first-order valence-corrected chi connectivity index (χ1v) is 6.93. The van der Waals surface area contributed by atoms with Crippen molar-refractivity contribution in [3.63, 3.8) is 0 Å². The quantitative estimate of drug-likeness (QED) is 0.807. The largest absolute Gasteiger partial charge is 0.444 e. The van der Waals surface area contributed by atoms with Crippen LogP contribution in [0.4, 0.5) is 4.79 Å². The molecule has 1 aliphatic rings. The molecule has 1 amide bonds. The number of ether oxygens (including phenoxy) is 1. The number of nitrogens with zero attached hydrogens (tertiary/aromatic N) is 4. The molecule has 8 nitrogen and oxygen atoms in total. The highest BCUT2D eigenvalue weighted by Crippen LogP contribution is 2.32. The third-order valence-electron chi connectivity index (χ3n) is 3.45. The zero-order valence-electron chi connectivity index (χ0n) is 12.9. The van der Waals surface area contributed by atoms with Gasteiger partial charge in [0.2, 0.25) is 0 Å². The first kappa shape index (κ1) is 15.7. The molecular formula is C13H23N5O3. The van der Waals surface area contributed by atoms with Gasteiger partial charge in [-0.15, -0.1) is 0 Å². The predicted octanol–water partition coefficient (Wildman–Crippen LogP) is 0.187. The lowest BCUT2D eigenvalue weighted by Crippen LogP contribution is -2.45. The lowest BCUT2D eigenvalue weighted by Gasteiger charge is -2.29. The Morgan fingerprint density at radius 2 is 2.24 bits per heavy atom. The van der Waals surface area contributed by atoms with Gasteiger partial charge in [-0.25, -0.2) is 4.79 Å². The molecule has 0 saturated carbocycles. The number of β-amino-alcohol motifs (C(OH)–C–C–N with tert-alkyl or cyclic N) is 1. The first-order chi connectivity index (χ1) is 9.61. The average molecular weight is 297 g/mol. The molecule has 0 aliphatic carbocycles. The van der Waals surface area contributed by atoms with E-state index in [0.29, 0.717) is 18.7 Å². The van der Waals surface area contributed by atoms with Gasteiger partial charge in [-0.05, 0) is 27.2 Å². The van der Waals surface area contributed by atoms with Crippen molar-refractivity contribution in [2.45, 2.75) is 44.4 Å². The summed E-state index contributed by atoms with van der Waals surface area (Å²) < 4.78 is 5.31. The van der Waals surface area contributed by atoms with Crippen molar-refractivity contribution < 1.29 is 14.6 Å². The van der Waals surface area contributed by atoms with Crippen molar-refractivity contribution in [1.29, 1.82) is 0 Å². The summed E-state index contributed by atoms with van der Waals surface area (Å²) in [5.41, 5.74) is 4.82. The van der Waals surface area contributed by atoms with Crippen LogP contribution in [0.2, 0.25) is 0 Å². The van der Waals surface area contributed by atoms with E-state index < -0.39 is 23.3 Å². The van der Waals surface area contributed by atoms with Crippen LogP contribution in [-0.2, 0) is 11.8 Å². The van der Waals surface area contributed by atoms with Crippen LogP contribution in [-0.4, -0.2) is 55.4 Å². The van der Waals surface area contributed by atoms with Crippen molar-refractivity contribution >= 4 is 6.09 Å². The summed E-state index contributed by atoms with van der Waals surface area (Å²) in [5, 5.41) is 18.8. The number of carbonyl (C=O) groups excluding carboxylic acids is 1. The number of carbonyl (C=O) groups is 1. The van der Waals surface area contributed by atoms with Crippen LogP contribution < -0.4 is 5.73 Å². The molecule has 1 aliphatic heterocycles. The van der Waals surface area contributed by atoms with Crippen molar-refractivity contribution in [1.82, 2.24) is 19.9 Å². The molecule has 2 rings (SSSR count). The molecule has 2 heterocycles. The van der Waals surface area contributed by atoms with Gasteiger partial charge in [-0.2, -0.15) is 15.0 Å². The van der Waals surface area contributed by atoms with E-state index in [9.17, 15) is 9.90 Å². The van der Waals surface area contributed by atoms with Crippen LogP contribution in [0.25, 0.3) is 0 Å². The summed E-state index contributed by atoms with van der Waals surface area (Å²) in [4.78, 5) is 14.9. The van der Waals surface area contributed by atoms with Gasteiger partial charge in [-0.1, -0.05) is 0 Å². The van der Waals surface area contributed by atoms with E-state index in [1.807, 2.05) is 0 Å². The fourth-order valence-electron chi connectivity index (χ4n) is 2.33. The minimum Gasteiger partial charge on any atom is -0.444 e. The van der Waals surface area contributed by atoms with Crippen LogP contribution in [0.5, 0.6) is 0 Å². The number of aliphatic hydroxyl groups is 1. The minimum atomic E-state index is -1.22. The molecule has 1 fully saturated rings. The van der Waals surface area contributed by atoms with E-state index in [0.717, 1.165) is 0 Å². The lowest BCUT2D eigenvalue weighted by atomic mass is 9.92. The first-order valence-electron chi connectivity index (χ1n) is 6.93. The number of rotatable bonds is 2. The molecule has 0 spiro atoms. The standard InChI is InChI=1S/C13H23N5O3/c1-12(2,3)21-11(19)18-6-5-13(20,8-18)10(14)9-7-15-17(4)16-9/h7,10,20H,5-6,8,14H2,1-4H3. The molecule has 0 bridgehead atoms. The van der Waals surface area contributed by atoms with Crippen molar-refractivity contribution in [3.05, 3.63) is 11.9 Å². The number of nitrogens with two attached hydrogens (primary N) is 1. The Morgan fingerprint density at radius 3 is 2.76 bits per heavy atom. The molecule has 3 N–H and O–H groups in total. The Bertz CT molecular complexity index is 524. The number of aryl methyl sites for hydroxylation is 1. The summed E-state index contributed by atoms with van der Waals surface area (Å²) in [6.45, 7) is 5.94. The Labute approximate surface area is 123 Å². The summed E-state index contributed by atoms with van der Waals surface area (Å²) in [6.07, 6.45) is 1.47. The third kappa shape index (κ3) is 3.51. The number of amides is 1. The second-order valence-electron chi connectivity index (χ2n) is 6.49. The highest BCUT2D eigenvalue weighted by Gasteiger charge is 2.45. The van der Waals surface area contributed by atoms with Gasteiger partial charge < -0.3 is 20.5 Å². The van der Waals surface area contributed by atoms with E-state index in [-0.39, 0.29) is 6.54 Å². The predicted molar refractivity (Wildman–Crippen MR) is 75.3 cm³/mol. The SMILES string of the molecule is Cn1ncc(C(N)C2(O)CCN(C(=O)OC(C)(C)C)C2)n1. The molecule has 1 aromatic heterocycles. The van der Waals surface area contributed by atoms with Crippen LogP contribution in [0.3, 0.4) is 0 Å². The number of hydrogen-bond acceptors (Lipinski definition) is 6. The normalized spacial score (nSPS) is 24.2. The van der Waals surface area contributed by atoms with Gasteiger partial charge in [0.1, 0.15) is 16.9 Å². The summed E-state index contributed by atoms with van der Waals surface area (Å²) in [5.74, 6) is 0. The van der Waals surface area contributed by atoms with E-state index in [4.69, 9.17) is 10.5 Å². The molecule has 21 heavy (non-hydrogen) atoms. The maximum atomic E-state index is 12.0. The maximum Gasteiger partial charge on any atom is 0.410 e. The fourth-order valence-corrected chi connectivity index (χ4v) is 2.33. The molecule has 2 unspecified atom stereocenters. The van der Waals surface area contributed by atoms with Gasteiger partial charge in [-0.3, -0.25) is 0 Å². The number of hydrogen-bond donors (Lipinski definition) is 2. The maximum absolute atomic E-state index is 12.0. The van der Waals surface area contributed by atoms with Gasteiger partial charge >= 0.3 is 6.09 Å². The van der Waals surface area contributed by atoms with Crippen LogP contribution in [0.15, 0.2) is 6.20 Å². The Morgan fingerprint density at radius 1 is 1.57 bits per heavy atom. The molecule has 1 saturated heterocycles. The van der Waals surface area contributed by atoms with E-state index in [2.05, 4.69) is 10.2 Å². The summed E-state index contributed by atoms with van der Waals surface area (Å²) in [6, 6.07) is -0.696. The van der Waals surface area contributed by atoms with Gasteiger partial charge in [0, 0.05) is 13.6 Å². The minimum absolute atomic E-state index is 0.125. The molecule has 8 heteroatoms. The van der Waals surface area contributed by atoms with E-state index in [1.54, 1.807) is 27.8 Å². The van der Waals surface area contributed by atoms with E-state index in [1.165, 1.54) is 15.9 Å². The zero-order chi connectivity index (χ0) is 15.8. The topological polar surface area (TPSA) is 106 Å². The molecule has 0 radical (unpaired) electrons. The molecular weight excluding hydrogens is 274 g/mol. The second kappa shape index (κ2) is 5.27. The highest BCUT2D eigenvalue weighted by atomic mass is 16.6. The van der Waals surface area contributed by atoms with Gasteiger partial charge in [0.05, 0.1) is 18.8 Å². The zero-order valence-corrected chi connectivity index (χ0v) is 12.9. The van der Waals surface area contributed by atoms with Crippen molar-refractivity contribution in [2.24, 2.45) is 12.8 Å². The van der Waals surface area contributed by atoms with Crippen LogP contribution in [0, 0.1) is 0 Å². The van der Waals surface area contributed by atoms with Crippen molar-refractivity contribution in [2.75, 3.05) is 13.1 Å². The third-order valence-corrected chi connectivity index (χ3v) is 3.45. The Hall–Kier alpha value is -1.67. The molecule has 1 aromatic rings. The van der Waals surface area contributed by atoms with Crippen LogP contribution >= 0.6 is 0 Å². The highest BCUT2D eigenvalue weighted by molar-refractivity contribution is 5.68. The molecule has 0 aromatic carbocycles. The van der Waals surface area contributed by atoms with Crippen LogP contribution in [0.1, 0.15) is 38.9 Å². The average Bonchev–Trinajstić information content (AvgIpc) is 2.94. The fraction of sp³-hybridized carbons (Fsp3) is 0.769. The van der Waals surface area contributed by atoms with Crippen molar-refractivity contribution in [3.8, 4) is 0 Å². The smallest absolute Gasteiger partial charge is 0.410 e. The van der Waals surface area contributed by atoms with Gasteiger partial charge in [0.15, 0.2) is 0 Å². The number of aromatic nitrogens is 3. The Kier molecular flexibility index (Phi) is 3.94. The van der Waals surface area contributed by atoms with E-state index >= 15 is 0 Å². The summed E-state index contributed by atoms with van der Waals surface area (Å²) >= 11 is 0. The summed E-state index contributed by atoms with van der Waals surface area (Å²) in [7, 11) is 1.68.